The van der Waals surface area contributed by atoms with E-state index >= 15 is 0 Å². The van der Waals surface area contributed by atoms with E-state index in [9.17, 15) is 27.5 Å². The van der Waals surface area contributed by atoms with Crippen LogP contribution in [-0.2, 0) is 39.3 Å². The molecule has 0 bridgehead atoms. The summed E-state index contributed by atoms with van der Waals surface area (Å²) >= 11 is 1.52. The Hall–Kier alpha value is -6.66. The van der Waals surface area contributed by atoms with Gasteiger partial charge >= 0.3 is 6.18 Å². The van der Waals surface area contributed by atoms with Crippen molar-refractivity contribution in [3.63, 3.8) is 0 Å². The van der Waals surface area contributed by atoms with Gasteiger partial charge in [0.2, 0.25) is 0 Å². The average molecular weight is 823 g/mol. The Kier molecular flexibility index (Phi) is 12.6. The molecule has 7 aromatic rings. The van der Waals surface area contributed by atoms with E-state index < -0.39 is 17.6 Å². The molecule has 0 saturated carbocycles. The minimum Gasteiger partial charge on any atom is -0.493 e. The minimum absolute atomic E-state index is 0.0493. The van der Waals surface area contributed by atoms with Gasteiger partial charge < -0.3 is 24.5 Å². The van der Waals surface area contributed by atoms with Crippen LogP contribution in [-0.4, -0.2) is 59.4 Å². The van der Waals surface area contributed by atoms with Gasteiger partial charge in [-0.3, -0.25) is 9.78 Å². The van der Waals surface area contributed by atoms with Gasteiger partial charge in [-0.2, -0.15) is 18.3 Å². The normalized spacial score (nSPS) is 11.3. The SMILES string of the molecule is Cn1c2nc(Cc3ccccn3)sc2c2cnn(CC#Cc3ccc(C#CCCOc4ccc(OCc5ccc(F)c(C(F)(F)F)c5)c(CNCCO)c4)nn3)c(=O)c21. The lowest BCUT2D eigenvalue weighted by Gasteiger charge is -2.15. The van der Waals surface area contributed by atoms with Gasteiger partial charge in [0.1, 0.15) is 52.4 Å². The molecule has 5 aromatic heterocycles. The molecular formula is C42H34F4N8O4S. The molecule has 0 aliphatic carbocycles. The zero-order chi connectivity index (χ0) is 41.4. The summed E-state index contributed by atoms with van der Waals surface area (Å²) in [5.74, 6) is 11.3. The van der Waals surface area contributed by atoms with Crippen LogP contribution in [0.4, 0.5) is 17.6 Å². The molecular weight excluding hydrogens is 789 g/mol. The van der Waals surface area contributed by atoms with Crippen LogP contribution in [0, 0.1) is 29.5 Å². The summed E-state index contributed by atoms with van der Waals surface area (Å²) in [5.41, 5.74) is 2.13. The van der Waals surface area contributed by atoms with Crippen molar-refractivity contribution in [3.8, 4) is 35.2 Å². The van der Waals surface area contributed by atoms with Crippen molar-refractivity contribution >= 4 is 32.6 Å². The molecule has 0 aliphatic heterocycles. The number of thiazole rings is 1. The maximum Gasteiger partial charge on any atom is 0.419 e. The number of ether oxygens (including phenoxy) is 2. The second kappa shape index (κ2) is 18.3. The van der Waals surface area contributed by atoms with Gasteiger partial charge in [-0.05, 0) is 72.0 Å². The fourth-order valence-electron chi connectivity index (χ4n) is 5.99. The molecule has 0 saturated heterocycles. The van der Waals surface area contributed by atoms with Crippen molar-refractivity contribution in [2.45, 2.75) is 38.7 Å². The summed E-state index contributed by atoms with van der Waals surface area (Å²) in [6.07, 6.45) is -0.443. The van der Waals surface area contributed by atoms with Crippen molar-refractivity contribution in [2.24, 2.45) is 7.05 Å². The predicted molar refractivity (Wildman–Crippen MR) is 212 cm³/mol. The first-order valence-corrected chi connectivity index (χ1v) is 19.0. The third-order valence-corrected chi connectivity index (χ3v) is 9.89. The number of rotatable bonds is 13. The lowest BCUT2D eigenvalue weighted by atomic mass is 10.1. The Labute approximate surface area is 338 Å². The van der Waals surface area contributed by atoms with Crippen LogP contribution in [0.15, 0.2) is 83.9 Å². The number of aliphatic hydroxyl groups excluding tert-OH is 1. The number of hydrogen-bond acceptors (Lipinski definition) is 11. The van der Waals surface area contributed by atoms with E-state index in [1.807, 2.05) is 25.2 Å². The molecule has 300 valence electrons. The molecule has 17 heteroatoms. The number of nitrogens with zero attached hydrogens (tertiary/aromatic N) is 7. The van der Waals surface area contributed by atoms with Crippen LogP contribution in [0.2, 0.25) is 0 Å². The van der Waals surface area contributed by atoms with Gasteiger partial charge in [0.05, 0.1) is 29.7 Å². The Morgan fingerprint density at radius 2 is 1.80 bits per heavy atom. The van der Waals surface area contributed by atoms with E-state index in [-0.39, 0.29) is 44.0 Å². The predicted octanol–water partition coefficient (Wildman–Crippen LogP) is 5.81. The van der Waals surface area contributed by atoms with Crippen LogP contribution in [0.3, 0.4) is 0 Å². The lowest BCUT2D eigenvalue weighted by Crippen LogP contribution is -2.23. The van der Waals surface area contributed by atoms with Gasteiger partial charge in [-0.1, -0.05) is 24.0 Å². The van der Waals surface area contributed by atoms with Crippen LogP contribution < -0.4 is 20.3 Å². The fraction of sp³-hybridized carbons (Fsp3) is 0.238. The molecule has 0 fully saturated rings. The number of nitrogens with one attached hydrogen (secondary N) is 1. The molecule has 7 rings (SSSR count). The first kappa shape index (κ1) is 40.5. The molecule has 0 spiro atoms. The number of aryl methyl sites for hydroxylation is 1. The molecule has 0 amide bonds. The lowest BCUT2D eigenvalue weighted by molar-refractivity contribution is -0.140. The molecule has 2 aromatic carbocycles. The molecule has 0 radical (unpaired) electrons. The third kappa shape index (κ3) is 9.90. The molecule has 59 heavy (non-hydrogen) atoms. The Morgan fingerprint density at radius 1 is 0.983 bits per heavy atom. The summed E-state index contributed by atoms with van der Waals surface area (Å²) in [6.45, 7) is 0.566. The van der Waals surface area contributed by atoms with Gasteiger partial charge in [-0.15, -0.1) is 21.5 Å². The zero-order valence-corrected chi connectivity index (χ0v) is 32.2. The van der Waals surface area contributed by atoms with E-state index in [4.69, 9.17) is 14.5 Å². The number of halogens is 4. The van der Waals surface area contributed by atoms with Crippen LogP contribution in [0.25, 0.3) is 21.3 Å². The third-order valence-electron chi connectivity index (χ3n) is 8.82. The largest absolute Gasteiger partial charge is 0.493 e. The van der Waals surface area contributed by atoms with Gasteiger partial charge in [0.25, 0.3) is 5.56 Å². The van der Waals surface area contributed by atoms with Gasteiger partial charge in [0.15, 0.2) is 5.65 Å². The highest BCUT2D eigenvalue weighted by Crippen LogP contribution is 2.33. The molecule has 0 unspecified atom stereocenters. The number of aliphatic hydroxyl groups is 1. The van der Waals surface area contributed by atoms with Gasteiger partial charge in [-0.25, -0.2) is 14.1 Å². The van der Waals surface area contributed by atoms with Crippen LogP contribution in [0.5, 0.6) is 11.5 Å². The second-order valence-electron chi connectivity index (χ2n) is 13.0. The van der Waals surface area contributed by atoms with Crippen molar-refractivity contribution in [3.05, 3.63) is 134 Å². The number of aromatic nitrogens is 7. The zero-order valence-electron chi connectivity index (χ0n) is 31.4. The maximum absolute atomic E-state index is 13.7. The Balaban J connectivity index is 0.920. The maximum atomic E-state index is 13.7. The first-order valence-electron chi connectivity index (χ1n) is 18.2. The summed E-state index contributed by atoms with van der Waals surface area (Å²) in [6, 6.07) is 16.9. The summed E-state index contributed by atoms with van der Waals surface area (Å²) in [7, 11) is 1.82. The monoisotopic (exact) mass is 822 g/mol. The number of hydrogen-bond donors (Lipinski definition) is 2. The smallest absolute Gasteiger partial charge is 0.419 e. The Bertz CT molecular complexity index is 2780. The van der Waals surface area contributed by atoms with Crippen LogP contribution >= 0.6 is 11.3 Å². The Morgan fingerprint density at radius 3 is 2.54 bits per heavy atom. The molecule has 0 aliphatic rings. The molecule has 12 nitrogen and oxygen atoms in total. The first-order chi connectivity index (χ1) is 28.6. The fourth-order valence-corrected chi connectivity index (χ4v) is 7.11. The molecule has 5 heterocycles. The number of benzene rings is 2. The number of pyridine rings is 1. The van der Waals surface area contributed by atoms with E-state index in [0.29, 0.717) is 53.4 Å². The van der Waals surface area contributed by atoms with Crippen molar-refractivity contribution in [1.29, 1.82) is 0 Å². The highest BCUT2D eigenvalue weighted by Gasteiger charge is 2.34. The van der Waals surface area contributed by atoms with Crippen molar-refractivity contribution < 1.29 is 32.1 Å². The summed E-state index contributed by atoms with van der Waals surface area (Å²) in [4.78, 5) is 22.5. The van der Waals surface area contributed by atoms with Gasteiger partial charge in [0, 0.05) is 55.8 Å². The van der Waals surface area contributed by atoms with E-state index in [1.54, 1.807) is 47.3 Å². The standard InChI is InChI=1S/C42H34F4N8O4S/c1-53-38-33(39-40(53)50-37(59-39)23-31-8-2-4-16-48-31)25-49-54(41(38)56)18-6-9-30-12-11-29(51-52-30)7-3-5-20-57-32-13-15-36(28(22-32)24-47-17-19-55)58-26-27-10-14-35(43)34(21-27)42(44,45)46/h2,4,8,10-16,21-22,25,47,55H,5,17-20,23-24,26H2,1H3. The average Bonchev–Trinajstić information content (AvgIpc) is 3.76. The second-order valence-corrected chi connectivity index (χ2v) is 14.0. The minimum atomic E-state index is -4.83. The van der Waals surface area contributed by atoms with E-state index in [2.05, 4.69) is 49.3 Å². The van der Waals surface area contributed by atoms with E-state index in [1.165, 1.54) is 22.1 Å². The highest BCUT2D eigenvalue weighted by molar-refractivity contribution is 7.19. The number of alkyl halides is 3. The number of fused-ring (bicyclic) bond motifs is 3. The summed E-state index contributed by atoms with van der Waals surface area (Å²) in [5, 5.41) is 26.5. The molecule has 0 atom stereocenters. The molecule has 2 N–H and O–H groups in total. The topological polar surface area (TPSA) is 142 Å². The van der Waals surface area contributed by atoms with Crippen molar-refractivity contribution in [1.82, 2.24) is 39.8 Å². The summed E-state index contributed by atoms with van der Waals surface area (Å²) < 4.78 is 68.8. The van der Waals surface area contributed by atoms with E-state index in [0.717, 1.165) is 38.6 Å². The quantitative estimate of drug-likeness (QED) is 0.0832. The highest BCUT2D eigenvalue weighted by atomic mass is 32.1. The van der Waals surface area contributed by atoms with Crippen LogP contribution in [0.1, 0.15) is 45.2 Å². The van der Waals surface area contributed by atoms with Crippen molar-refractivity contribution in [2.75, 3.05) is 19.8 Å².